The molecule has 0 atom stereocenters. The van der Waals surface area contributed by atoms with Gasteiger partial charge in [0, 0.05) is 22.7 Å². The summed E-state index contributed by atoms with van der Waals surface area (Å²) in [5.41, 5.74) is 11.7. The summed E-state index contributed by atoms with van der Waals surface area (Å²) in [6.07, 6.45) is 1.44. The predicted octanol–water partition coefficient (Wildman–Crippen LogP) is 2.86. The van der Waals surface area contributed by atoms with Gasteiger partial charge in [-0.25, -0.2) is 9.78 Å². The Kier molecular flexibility index (Phi) is 6.13. The number of nitrogens with one attached hydrogen (secondary N) is 1. The van der Waals surface area contributed by atoms with Crippen molar-refractivity contribution < 1.29 is 12.8 Å². The minimum absolute atomic E-state index is 0.0882. The second-order valence-electron chi connectivity index (χ2n) is 6.85. The molecule has 0 spiro atoms. The summed E-state index contributed by atoms with van der Waals surface area (Å²) in [5.74, 6) is -0.562. The standard InChI is InChI=1S/C22H16N6O4S2/c23-10-14(11-26-15-5-7-16(8-6-15)34(30,31)28-22(24)25)20-27-18(12-33-20)17-9-13-3-1-2-4-19(13)32-21(17)29/h1-9,11-12,26H,(H4,24,25,28)/b14-11-. The predicted molar refractivity (Wildman–Crippen MR) is 130 cm³/mol. The Morgan fingerprint density at radius 2 is 1.91 bits per heavy atom. The summed E-state index contributed by atoms with van der Waals surface area (Å²) in [6.45, 7) is 0. The van der Waals surface area contributed by atoms with E-state index in [9.17, 15) is 18.5 Å². The molecule has 12 heteroatoms. The zero-order valence-corrected chi connectivity index (χ0v) is 18.9. The highest BCUT2D eigenvalue weighted by molar-refractivity contribution is 7.90. The fraction of sp³-hybridized carbons (Fsp3) is 0. The first-order valence-corrected chi connectivity index (χ1v) is 11.9. The van der Waals surface area contributed by atoms with Crippen LogP contribution in [0, 0.1) is 11.3 Å². The third-order valence-electron chi connectivity index (χ3n) is 4.53. The van der Waals surface area contributed by atoms with E-state index >= 15 is 0 Å². The van der Waals surface area contributed by atoms with Gasteiger partial charge in [-0.3, -0.25) is 0 Å². The van der Waals surface area contributed by atoms with E-state index in [4.69, 9.17) is 15.9 Å². The maximum atomic E-state index is 12.4. The first-order chi connectivity index (χ1) is 16.3. The number of allylic oxidation sites excluding steroid dienone is 1. The minimum Gasteiger partial charge on any atom is -0.422 e. The maximum absolute atomic E-state index is 12.4. The highest BCUT2D eigenvalue weighted by atomic mass is 32.2. The van der Waals surface area contributed by atoms with E-state index in [1.54, 1.807) is 23.6 Å². The van der Waals surface area contributed by atoms with Crippen LogP contribution in [0.4, 0.5) is 5.69 Å². The van der Waals surface area contributed by atoms with Crippen LogP contribution in [0.25, 0.3) is 27.8 Å². The first kappa shape index (κ1) is 22.7. The van der Waals surface area contributed by atoms with Crippen molar-refractivity contribution in [3.8, 4) is 17.3 Å². The lowest BCUT2D eigenvalue weighted by molar-refractivity contribution is 0.563. The molecule has 34 heavy (non-hydrogen) atoms. The van der Waals surface area contributed by atoms with Crippen molar-refractivity contribution in [3.63, 3.8) is 0 Å². The van der Waals surface area contributed by atoms with E-state index < -0.39 is 21.6 Å². The first-order valence-electron chi connectivity index (χ1n) is 9.59. The van der Waals surface area contributed by atoms with Crippen LogP contribution < -0.4 is 22.4 Å². The number of fused-ring (bicyclic) bond motifs is 1. The summed E-state index contributed by atoms with van der Waals surface area (Å²) in [5, 5.41) is 15.3. The number of thiazole rings is 1. The second kappa shape index (κ2) is 9.18. The van der Waals surface area contributed by atoms with Gasteiger partial charge in [0.05, 0.1) is 16.2 Å². The molecule has 0 saturated heterocycles. The molecule has 0 unspecified atom stereocenters. The lowest BCUT2D eigenvalue weighted by Gasteiger charge is -2.04. The largest absolute Gasteiger partial charge is 0.422 e. The Balaban J connectivity index is 1.57. The number of rotatable bonds is 6. The van der Waals surface area contributed by atoms with Gasteiger partial charge in [0.1, 0.15) is 22.2 Å². The molecule has 0 aliphatic rings. The number of anilines is 1. The van der Waals surface area contributed by atoms with E-state index in [0.717, 1.165) is 5.39 Å². The number of para-hydroxylation sites is 1. The molecule has 4 aromatic rings. The smallest absolute Gasteiger partial charge is 0.345 e. The number of nitriles is 1. The van der Waals surface area contributed by atoms with Crippen molar-refractivity contribution >= 4 is 49.5 Å². The van der Waals surface area contributed by atoms with E-state index in [1.807, 2.05) is 12.1 Å². The van der Waals surface area contributed by atoms with Gasteiger partial charge in [-0.15, -0.1) is 15.7 Å². The number of nitrogens with zero attached hydrogens (tertiary/aromatic N) is 3. The lowest BCUT2D eigenvalue weighted by Crippen LogP contribution is -2.24. The molecular formula is C22H16N6O4S2. The third kappa shape index (κ3) is 4.80. The van der Waals surface area contributed by atoms with Crippen LogP contribution in [0.2, 0.25) is 0 Å². The quantitative estimate of drug-likeness (QED) is 0.158. The van der Waals surface area contributed by atoms with Crippen LogP contribution >= 0.6 is 11.3 Å². The van der Waals surface area contributed by atoms with Crippen LogP contribution in [0.1, 0.15) is 5.01 Å². The molecule has 2 aromatic heterocycles. The Labute approximate surface area is 197 Å². The molecule has 0 saturated carbocycles. The Hall–Kier alpha value is -4.47. The van der Waals surface area contributed by atoms with Crippen LogP contribution in [0.5, 0.6) is 0 Å². The Morgan fingerprint density at radius 3 is 2.62 bits per heavy atom. The minimum atomic E-state index is -4.00. The van der Waals surface area contributed by atoms with Gasteiger partial charge >= 0.3 is 5.63 Å². The Bertz CT molecular complexity index is 1640. The van der Waals surface area contributed by atoms with Crippen LogP contribution in [0.3, 0.4) is 0 Å². The van der Waals surface area contributed by atoms with Crippen LogP contribution in [-0.2, 0) is 10.0 Å². The molecule has 2 aromatic carbocycles. The third-order valence-corrected chi connectivity index (χ3v) is 6.73. The number of benzene rings is 2. The monoisotopic (exact) mass is 492 g/mol. The number of sulfonamides is 1. The molecule has 0 fully saturated rings. The molecular weight excluding hydrogens is 476 g/mol. The number of nitrogens with two attached hydrogens (primary N) is 2. The topological polar surface area (TPSA) is 177 Å². The maximum Gasteiger partial charge on any atom is 0.345 e. The molecule has 4 rings (SSSR count). The molecule has 0 bridgehead atoms. The number of hydrogen-bond acceptors (Lipinski definition) is 8. The van der Waals surface area contributed by atoms with Gasteiger partial charge in [0.25, 0.3) is 10.0 Å². The molecule has 170 valence electrons. The van der Waals surface area contributed by atoms with Crippen LogP contribution in [-0.4, -0.2) is 19.4 Å². The van der Waals surface area contributed by atoms with Gasteiger partial charge < -0.3 is 21.2 Å². The van der Waals surface area contributed by atoms with Crippen molar-refractivity contribution in [2.24, 2.45) is 15.9 Å². The van der Waals surface area contributed by atoms with Crippen molar-refractivity contribution in [2.45, 2.75) is 4.90 Å². The van der Waals surface area contributed by atoms with E-state index in [2.05, 4.69) is 20.8 Å². The molecule has 5 N–H and O–H groups in total. The average molecular weight is 493 g/mol. The SMILES string of the molecule is N#C/C(=C/Nc1ccc(S(=O)(=O)N=C(N)N)cc1)c1nc(-c2cc3ccccc3oc2=O)cs1. The van der Waals surface area contributed by atoms with Crippen molar-refractivity contribution in [1.82, 2.24) is 4.98 Å². The summed E-state index contributed by atoms with van der Waals surface area (Å²) in [6, 6.07) is 16.5. The Morgan fingerprint density at radius 1 is 1.18 bits per heavy atom. The number of hydrogen-bond donors (Lipinski definition) is 3. The fourth-order valence-corrected chi connectivity index (χ4v) is 4.62. The normalized spacial score (nSPS) is 11.7. The van der Waals surface area contributed by atoms with Crippen LogP contribution in [0.15, 0.2) is 84.7 Å². The fourth-order valence-electron chi connectivity index (χ4n) is 2.97. The van der Waals surface area contributed by atoms with E-state index in [1.165, 1.54) is 41.8 Å². The molecule has 10 nitrogen and oxygen atoms in total. The highest BCUT2D eigenvalue weighted by Gasteiger charge is 2.15. The zero-order valence-electron chi connectivity index (χ0n) is 17.3. The molecule has 0 aliphatic heterocycles. The van der Waals surface area contributed by atoms with Gasteiger partial charge in [-0.1, -0.05) is 18.2 Å². The summed E-state index contributed by atoms with van der Waals surface area (Å²) in [4.78, 5) is 16.7. The number of guanidine groups is 1. The molecule has 0 aliphatic carbocycles. The number of aromatic nitrogens is 1. The summed E-state index contributed by atoms with van der Waals surface area (Å²) >= 11 is 1.20. The van der Waals surface area contributed by atoms with Gasteiger partial charge in [-0.2, -0.15) is 13.7 Å². The zero-order chi connectivity index (χ0) is 24.3. The molecule has 0 amide bonds. The lowest BCUT2D eigenvalue weighted by atomic mass is 10.1. The second-order valence-corrected chi connectivity index (χ2v) is 9.32. The van der Waals surface area contributed by atoms with Gasteiger partial charge in [0.15, 0.2) is 0 Å². The highest BCUT2D eigenvalue weighted by Crippen LogP contribution is 2.26. The summed E-state index contributed by atoms with van der Waals surface area (Å²) in [7, 11) is -4.00. The van der Waals surface area contributed by atoms with Crippen molar-refractivity contribution in [2.75, 3.05) is 5.32 Å². The average Bonchev–Trinajstić information content (AvgIpc) is 3.28. The van der Waals surface area contributed by atoms with Crippen molar-refractivity contribution in [1.29, 1.82) is 5.26 Å². The van der Waals surface area contributed by atoms with E-state index in [0.29, 0.717) is 27.5 Å². The van der Waals surface area contributed by atoms with E-state index in [-0.39, 0.29) is 10.5 Å². The molecule has 0 radical (unpaired) electrons. The summed E-state index contributed by atoms with van der Waals surface area (Å²) < 4.78 is 32.6. The molecule has 2 heterocycles. The van der Waals surface area contributed by atoms with Crippen molar-refractivity contribution in [3.05, 3.63) is 81.6 Å². The van der Waals surface area contributed by atoms with Gasteiger partial charge in [0.2, 0.25) is 5.96 Å². The van der Waals surface area contributed by atoms with Gasteiger partial charge in [-0.05, 0) is 36.4 Å².